The Balaban J connectivity index is 1.73. The summed E-state index contributed by atoms with van der Waals surface area (Å²) in [5, 5.41) is 13.0. The Morgan fingerprint density at radius 2 is 2.14 bits per heavy atom. The molecule has 0 radical (unpaired) electrons. The first kappa shape index (κ1) is 9.62. The van der Waals surface area contributed by atoms with Crippen LogP contribution in [0.1, 0.15) is 18.4 Å². The van der Waals surface area contributed by atoms with Gasteiger partial charge in [0.25, 0.3) is 0 Å². The lowest BCUT2D eigenvalue weighted by atomic mass is 10.1. The van der Waals surface area contributed by atoms with Crippen molar-refractivity contribution in [2.24, 2.45) is 0 Å². The molecule has 0 aromatic carbocycles. The number of hydrogen-bond donors (Lipinski definition) is 2. The normalized spacial score (nSPS) is 18.1. The summed E-state index contributed by atoms with van der Waals surface area (Å²) >= 11 is 0. The Kier molecular flexibility index (Phi) is 3.11. The SMILES string of the molecule is OC(CNC1CC1)Cc1ccncc1. The number of rotatable bonds is 5. The lowest BCUT2D eigenvalue weighted by Gasteiger charge is -2.10. The monoisotopic (exact) mass is 192 g/mol. The zero-order valence-corrected chi connectivity index (χ0v) is 8.19. The topological polar surface area (TPSA) is 45.1 Å². The summed E-state index contributed by atoms with van der Waals surface area (Å²) < 4.78 is 0. The molecular formula is C11H16N2O. The van der Waals surface area contributed by atoms with Crippen LogP contribution in [0.3, 0.4) is 0 Å². The van der Waals surface area contributed by atoms with E-state index in [2.05, 4.69) is 10.3 Å². The standard InChI is InChI=1S/C11H16N2O/c14-11(8-13-10-1-2-10)7-9-3-5-12-6-4-9/h3-6,10-11,13-14H,1-2,7-8H2. The van der Waals surface area contributed by atoms with Crippen molar-refractivity contribution in [3.05, 3.63) is 30.1 Å². The van der Waals surface area contributed by atoms with E-state index in [-0.39, 0.29) is 6.10 Å². The first-order chi connectivity index (χ1) is 6.84. The third-order valence-corrected chi connectivity index (χ3v) is 2.44. The smallest absolute Gasteiger partial charge is 0.0704 e. The van der Waals surface area contributed by atoms with Crippen molar-refractivity contribution in [2.45, 2.75) is 31.4 Å². The van der Waals surface area contributed by atoms with Crippen LogP contribution in [0.25, 0.3) is 0 Å². The minimum Gasteiger partial charge on any atom is -0.391 e. The van der Waals surface area contributed by atoms with Crippen LogP contribution in [0.15, 0.2) is 24.5 Å². The number of pyridine rings is 1. The third kappa shape index (κ3) is 3.09. The first-order valence-electron chi connectivity index (χ1n) is 5.15. The minimum absolute atomic E-state index is 0.280. The number of aliphatic hydroxyl groups is 1. The van der Waals surface area contributed by atoms with E-state index in [9.17, 15) is 5.11 Å². The van der Waals surface area contributed by atoms with Gasteiger partial charge in [-0.15, -0.1) is 0 Å². The number of aromatic nitrogens is 1. The van der Waals surface area contributed by atoms with E-state index in [0.29, 0.717) is 19.0 Å². The molecule has 1 fully saturated rings. The van der Waals surface area contributed by atoms with Gasteiger partial charge in [0.05, 0.1) is 6.10 Å². The highest BCUT2D eigenvalue weighted by Gasteiger charge is 2.21. The van der Waals surface area contributed by atoms with Crippen LogP contribution in [-0.4, -0.2) is 28.8 Å². The van der Waals surface area contributed by atoms with Crippen LogP contribution in [0, 0.1) is 0 Å². The van der Waals surface area contributed by atoms with E-state index in [1.165, 1.54) is 12.8 Å². The van der Waals surface area contributed by atoms with E-state index in [0.717, 1.165) is 5.56 Å². The summed E-state index contributed by atoms with van der Waals surface area (Å²) in [4.78, 5) is 3.94. The molecule has 0 amide bonds. The molecule has 0 saturated heterocycles. The largest absolute Gasteiger partial charge is 0.391 e. The molecular weight excluding hydrogens is 176 g/mol. The molecule has 14 heavy (non-hydrogen) atoms. The van der Waals surface area contributed by atoms with E-state index < -0.39 is 0 Å². The Hall–Kier alpha value is -0.930. The molecule has 3 heteroatoms. The van der Waals surface area contributed by atoms with Gasteiger partial charge in [0.2, 0.25) is 0 Å². The van der Waals surface area contributed by atoms with Crippen LogP contribution >= 0.6 is 0 Å². The number of nitrogens with one attached hydrogen (secondary N) is 1. The number of nitrogens with zero attached hydrogens (tertiary/aromatic N) is 1. The molecule has 1 aliphatic rings. The zero-order chi connectivity index (χ0) is 9.80. The average Bonchev–Trinajstić information content (AvgIpc) is 3.00. The molecule has 2 rings (SSSR count). The molecule has 1 aromatic rings. The third-order valence-electron chi connectivity index (χ3n) is 2.44. The second-order valence-electron chi connectivity index (χ2n) is 3.90. The number of hydrogen-bond acceptors (Lipinski definition) is 3. The highest BCUT2D eigenvalue weighted by atomic mass is 16.3. The van der Waals surface area contributed by atoms with Crippen molar-refractivity contribution in [3.8, 4) is 0 Å². The van der Waals surface area contributed by atoms with Gasteiger partial charge in [-0.1, -0.05) is 0 Å². The minimum atomic E-state index is -0.280. The van der Waals surface area contributed by atoms with E-state index in [1.54, 1.807) is 12.4 Å². The molecule has 0 spiro atoms. The van der Waals surface area contributed by atoms with Gasteiger partial charge in [-0.05, 0) is 37.0 Å². The van der Waals surface area contributed by atoms with Crippen LogP contribution in [0.5, 0.6) is 0 Å². The van der Waals surface area contributed by atoms with Gasteiger partial charge in [-0.2, -0.15) is 0 Å². The Morgan fingerprint density at radius 3 is 2.79 bits per heavy atom. The van der Waals surface area contributed by atoms with Gasteiger partial charge in [-0.25, -0.2) is 0 Å². The molecule has 3 nitrogen and oxygen atoms in total. The Labute approximate surface area is 84.2 Å². The summed E-state index contributed by atoms with van der Waals surface area (Å²) in [7, 11) is 0. The molecule has 1 unspecified atom stereocenters. The predicted molar refractivity (Wildman–Crippen MR) is 55.0 cm³/mol. The van der Waals surface area contributed by atoms with Crippen molar-refractivity contribution in [1.82, 2.24) is 10.3 Å². The van der Waals surface area contributed by atoms with Crippen molar-refractivity contribution in [2.75, 3.05) is 6.54 Å². The fourth-order valence-electron chi connectivity index (χ4n) is 1.45. The Bertz CT molecular complexity index is 272. The van der Waals surface area contributed by atoms with Crippen LogP contribution < -0.4 is 5.32 Å². The highest BCUT2D eigenvalue weighted by Crippen LogP contribution is 2.18. The molecule has 76 valence electrons. The van der Waals surface area contributed by atoms with Gasteiger partial charge in [-0.3, -0.25) is 4.98 Å². The van der Waals surface area contributed by atoms with Crippen LogP contribution in [0.4, 0.5) is 0 Å². The van der Waals surface area contributed by atoms with Crippen molar-refractivity contribution in [3.63, 3.8) is 0 Å². The molecule has 1 aromatic heterocycles. The van der Waals surface area contributed by atoms with E-state index in [4.69, 9.17) is 0 Å². The molecule has 1 heterocycles. The van der Waals surface area contributed by atoms with Crippen LogP contribution in [-0.2, 0) is 6.42 Å². The van der Waals surface area contributed by atoms with Crippen molar-refractivity contribution < 1.29 is 5.11 Å². The molecule has 1 aliphatic carbocycles. The predicted octanol–water partition coefficient (Wildman–Crippen LogP) is 0.737. The van der Waals surface area contributed by atoms with Gasteiger partial charge in [0.15, 0.2) is 0 Å². The first-order valence-corrected chi connectivity index (χ1v) is 5.15. The van der Waals surface area contributed by atoms with Crippen molar-refractivity contribution >= 4 is 0 Å². The zero-order valence-electron chi connectivity index (χ0n) is 8.19. The lowest BCUT2D eigenvalue weighted by molar-refractivity contribution is 0.171. The quantitative estimate of drug-likeness (QED) is 0.723. The van der Waals surface area contributed by atoms with Gasteiger partial charge in [0, 0.05) is 25.0 Å². The molecule has 0 bridgehead atoms. The lowest BCUT2D eigenvalue weighted by Crippen LogP contribution is -2.29. The van der Waals surface area contributed by atoms with E-state index >= 15 is 0 Å². The highest BCUT2D eigenvalue weighted by molar-refractivity contribution is 5.10. The number of aliphatic hydroxyl groups excluding tert-OH is 1. The average molecular weight is 192 g/mol. The second-order valence-corrected chi connectivity index (χ2v) is 3.90. The molecule has 2 N–H and O–H groups in total. The van der Waals surface area contributed by atoms with Gasteiger partial charge >= 0.3 is 0 Å². The summed E-state index contributed by atoms with van der Waals surface area (Å²) in [6.45, 7) is 0.701. The fraction of sp³-hybridized carbons (Fsp3) is 0.545. The second kappa shape index (κ2) is 4.53. The fourth-order valence-corrected chi connectivity index (χ4v) is 1.45. The summed E-state index contributed by atoms with van der Waals surface area (Å²) in [5.41, 5.74) is 1.14. The Morgan fingerprint density at radius 1 is 1.43 bits per heavy atom. The summed E-state index contributed by atoms with van der Waals surface area (Å²) in [6, 6.07) is 4.56. The van der Waals surface area contributed by atoms with Gasteiger partial charge in [0.1, 0.15) is 0 Å². The van der Waals surface area contributed by atoms with Crippen molar-refractivity contribution in [1.29, 1.82) is 0 Å². The van der Waals surface area contributed by atoms with Crippen LogP contribution in [0.2, 0.25) is 0 Å². The van der Waals surface area contributed by atoms with Gasteiger partial charge < -0.3 is 10.4 Å². The maximum atomic E-state index is 9.70. The summed E-state index contributed by atoms with van der Waals surface area (Å²) in [6.07, 6.45) is 6.48. The maximum absolute atomic E-state index is 9.70. The summed E-state index contributed by atoms with van der Waals surface area (Å²) in [5.74, 6) is 0. The molecule has 1 atom stereocenters. The molecule has 1 saturated carbocycles. The molecule has 0 aliphatic heterocycles. The van der Waals surface area contributed by atoms with E-state index in [1.807, 2.05) is 12.1 Å². The maximum Gasteiger partial charge on any atom is 0.0704 e.